The van der Waals surface area contributed by atoms with Crippen molar-refractivity contribution in [1.29, 1.82) is 0 Å². The van der Waals surface area contributed by atoms with E-state index in [0.29, 0.717) is 13.2 Å². The Bertz CT molecular complexity index is 629. The molecule has 2 saturated heterocycles. The summed E-state index contributed by atoms with van der Waals surface area (Å²) in [6, 6.07) is 7.66. The molecule has 0 unspecified atom stereocenters. The molecule has 1 atom stereocenters. The molecule has 1 aromatic rings. The summed E-state index contributed by atoms with van der Waals surface area (Å²) in [5.41, 5.74) is 7.15. The number of rotatable bonds is 3. The van der Waals surface area contributed by atoms with Crippen molar-refractivity contribution in [3.8, 4) is 0 Å². The maximum atomic E-state index is 12.5. The number of nitrogens with one attached hydrogen (secondary N) is 1. The summed E-state index contributed by atoms with van der Waals surface area (Å²) in [6.07, 6.45) is 1.65. The molecule has 25 heavy (non-hydrogen) atoms. The van der Waals surface area contributed by atoms with Crippen LogP contribution in [0.4, 0.5) is 16.2 Å². The molecule has 0 radical (unpaired) electrons. The van der Waals surface area contributed by atoms with E-state index < -0.39 is 12.0 Å². The Hall–Kier alpha value is -2.28. The number of morpholine rings is 1. The molecule has 1 aromatic carbocycles. The summed E-state index contributed by atoms with van der Waals surface area (Å²) >= 11 is 0. The van der Waals surface area contributed by atoms with Crippen molar-refractivity contribution in [3.63, 3.8) is 0 Å². The van der Waals surface area contributed by atoms with Gasteiger partial charge in [0.25, 0.3) is 0 Å². The van der Waals surface area contributed by atoms with E-state index in [4.69, 9.17) is 10.5 Å². The number of hydrogen-bond donors (Lipinski definition) is 2. The Balaban J connectivity index is 1.61. The maximum Gasteiger partial charge on any atom is 0.322 e. The highest BCUT2D eigenvalue weighted by Gasteiger charge is 2.27. The lowest BCUT2D eigenvalue weighted by molar-refractivity contribution is -0.133. The van der Waals surface area contributed by atoms with Crippen LogP contribution in [0.5, 0.6) is 0 Å². The number of amides is 3. The second kappa shape index (κ2) is 7.74. The van der Waals surface area contributed by atoms with Crippen molar-refractivity contribution in [2.24, 2.45) is 11.7 Å². The van der Waals surface area contributed by atoms with Crippen molar-refractivity contribution in [3.05, 3.63) is 24.3 Å². The Morgan fingerprint density at radius 2 is 2.00 bits per heavy atom. The Morgan fingerprint density at radius 3 is 2.72 bits per heavy atom. The molecule has 2 aliphatic rings. The fraction of sp³-hybridized carbons (Fsp3) is 0.556. The van der Waals surface area contributed by atoms with Crippen LogP contribution in [0, 0.1) is 5.92 Å². The zero-order valence-corrected chi connectivity index (χ0v) is 14.6. The zero-order chi connectivity index (χ0) is 17.8. The van der Waals surface area contributed by atoms with Gasteiger partial charge in [-0.25, -0.2) is 4.79 Å². The van der Waals surface area contributed by atoms with E-state index in [-0.39, 0.29) is 12.6 Å². The highest BCUT2D eigenvalue weighted by molar-refractivity contribution is 5.90. The molecule has 2 heterocycles. The van der Waals surface area contributed by atoms with Gasteiger partial charge in [0, 0.05) is 31.0 Å². The Kier molecular flexibility index (Phi) is 5.43. The molecule has 0 spiro atoms. The van der Waals surface area contributed by atoms with Crippen molar-refractivity contribution < 1.29 is 14.3 Å². The summed E-state index contributed by atoms with van der Waals surface area (Å²) in [7, 11) is 0. The smallest absolute Gasteiger partial charge is 0.322 e. The first-order valence-electron chi connectivity index (χ1n) is 8.85. The number of benzene rings is 1. The number of urea groups is 1. The van der Waals surface area contributed by atoms with Gasteiger partial charge in [-0.3, -0.25) is 4.79 Å². The lowest BCUT2D eigenvalue weighted by Gasteiger charge is -2.33. The predicted molar refractivity (Wildman–Crippen MR) is 96.6 cm³/mol. The van der Waals surface area contributed by atoms with Gasteiger partial charge in [0.05, 0.1) is 13.2 Å². The molecule has 0 bridgehead atoms. The summed E-state index contributed by atoms with van der Waals surface area (Å²) in [6.45, 7) is 5.32. The van der Waals surface area contributed by atoms with Gasteiger partial charge in [-0.2, -0.15) is 0 Å². The van der Waals surface area contributed by atoms with Gasteiger partial charge in [0.15, 0.2) is 6.10 Å². The fourth-order valence-corrected chi connectivity index (χ4v) is 3.26. The lowest BCUT2D eigenvalue weighted by atomic mass is 9.99. The number of carbonyl (C=O) groups is 2. The molecule has 0 saturated carbocycles. The lowest BCUT2D eigenvalue weighted by Crippen LogP contribution is -2.51. The summed E-state index contributed by atoms with van der Waals surface area (Å²) in [5, 5.41) is 2.91. The standard InChI is InChI=1S/C18H26N4O3/c1-13-5-7-21(8-6-13)15-4-2-3-14(11-15)20-18(24)22-9-10-25-16(12-22)17(19)23/h2-4,11,13,16H,5-10,12H2,1H3,(H2,19,23)(H,20,24)/t16-/m1/s1. The van der Waals surface area contributed by atoms with Crippen LogP contribution >= 0.6 is 0 Å². The molecule has 7 nitrogen and oxygen atoms in total. The number of piperidine rings is 1. The number of hydrogen-bond acceptors (Lipinski definition) is 4. The van der Waals surface area contributed by atoms with Gasteiger partial charge in [0.1, 0.15) is 0 Å². The third-order valence-electron chi connectivity index (χ3n) is 4.92. The van der Waals surface area contributed by atoms with Gasteiger partial charge >= 0.3 is 6.03 Å². The van der Waals surface area contributed by atoms with Crippen LogP contribution in [-0.2, 0) is 9.53 Å². The van der Waals surface area contributed by atoms with E-state index in [9.17, 15) is 9.59 Å². The van der Waals surface area contributed by atoms with Gasteiger partial charge in [-0.05, 0) is 37.0 Å². The molecule has 3 rings (SSSR count). The average Bonchev–Trinajstić information content (AvgIpc) is 2.62. The topological polar surface area (TPSA) is 87.9 Å². The molecule has 3 N–H and O–H groups in total. The van der Waals surface area contributed by atoms with Crippen molar-refractivity contribution >= 4 is 23.3 Å². The minimum atomic E-state index is -0.735. The minimum absolute atomic E-state index is 0.185. The van der Waals surface area contributed by atoms with Crippen molar-refractivity contribution in [1.82, 2.24) is 4.90 Å². The van der Waals surface area contributed by atoms with Gasteiger partial charge < -0.3 is 25.6 Å². The Morgan fingerprint density at radius 1 is 1.24 bits per heavy atom. The van der Waals surface area contributed by atoms with Crippen LogP contribution in [-0.4, -0.2) is 55.7 Å². The number of nitrogens with zero attached hydrogens (tertiary/aromatic N) is 2. The van der Waals surface area contributed by atoms with Crippen molar-refractivity contribution in [2.45, 2.75) is 25.9 Å². The zero-order valence-electron chi connectivity index (χ0n) is 14.6. The third-order valence-corrected chi connectivity index (χ3v) is 4.92. The van der Waals surface area contributed by atoms with Gasteiger partial charge in [-0.15, -0.1) is 0 Å². The van der Waals surface area contributed by atoms with Crippen LogP contribution in [0.25, 0.3) is 0 Å². The molecule has 2 fully saturated rings. The first-order chi connectivity index (χ1) is 12.0. The van der Waals surface area contributed by atoms with Crippen LogP contribution in [0.2, 0.25) is 0 Å². The van der Waals surface area contributed by atoms with Crippen LogP contribution < -0.4 is 16.0 Å². The number of anilines is 2. The SMILES string of the molecule is CC1CCN(c2cccc(NC(=O)N3CCO[C@@H](C(N)=O)C3)c2)CC1. The van der Waals surface area contributed by atoms with Crippen LogP contribution in [0.15, 0.2) is 24.3 Å². The number of nitrogens with two attached hydrogens (primary N) is 1. The second-order valence-electron chi connectivity index (χ2n) is 6.86. The minimum Gasteiger partial charge on any atom is -0.371 e. The van der Waals surface area contributed by atoms with Crippen LogP contribution in [0.1, 0.15) is 19.8 Å². The van der Waals surface area contributed by atoms with Crippen LogP contribution in [0.3, 0.4) is 0 Å². The summed E-state index contributed by atoms with van der Waals surface area (Å²) in [5.74, 6) is 0.234. The quantitative estimate of drug-likeness (QED) is 0.871. The average molecular weight is 346 g/mol. The number of carbonyl (C=O) groups excluding carboxylic acids is 2. The first kappa shape index (κ1) is 17.5. The number of primary amides is 1. The molecular weight excluding hydrogens is 320 g/mol. The summed E-state index contributed by atoms with van der Waals surface area (Å²) in [4.78, 5) is 27.6. The van der Waals surface area contributed by atoms with Gasteiger partial charge in [0.2, 0.25) is 5.91 Å². The van der Waals surface area contributed by atoms with Crippen molar-refractivity contribution in [2.75, 3.05) is 43.0 Å². The molecule has 3 amide bonds. The van der Waals surface area contributed by atoms with E-state index in [1.54, 1.807) is 4.90 Å². The molecule has 7 heteroatoms. The second-order valence-corrected chi connectivity index (χ2v) is 6.86. The number of ether oxygens (including phenoxy) is 1. The largest absolute Gasteiger partial charge is 0.371 e. The molecule has 2 aliphatic heterocycles. The molecular formula is C18H26N4O3. The first-order valence-corrected chi connectivity index (χ1v) is 8.85. The monoisotopic (exact) mass is 346 g/mol. The van der Waals surface area contributed by atoms with E-state index in [2.05, 4.69) is 23.2 Å². The molecule has 0 aliphatic carbocycles. The molecule has 136 valence electrons. The van der Waals surface area contributed by atoms with E-state index in [1.165, 1.54) is 12.8 Å². The van der Waals surface area contributed by atoms with E-state index >= 15 is 0 Å². The normalized spacial score (nSPS) is 21.9. The van der Waals surface area contributed by atoms with E-state index in [1.807, 2.05) is 18.2 Å². The third kappa shape index (κ3) is 4.42. The fourth-order valence-electron chi connectivity index (χ4n) is 3.26. The van der Waals surface area contributed by atoms with E-state index in [0.717, 1.165) is 30.4 Å². The maximum absolute atomic E-state index is 12.5. The Labute approximate surface area is 148 Å². The summed E-state index contributed by atoms with van der Waals surface area (Å²) < 4.78 is 5.27. The molecule has 0 aromatic heterocycles. The van der Waals surface area contributed by atoms with Gasteiger partial charge in [-0.1, -0.05) is 13.0 Å². The highest BCUT2D eigenvalue weighted by atomic mass is 16.5. The predicted octanol–water partition coefficient (Wildman–Crippen LogP) is 1.64. The highest BCUT2D eigenvalue weighted by Crippen LogP contribution is 2.25.